The highest BCUT2D eigenvalue weighted by molar-refractivity contribution is 9.10. The normalized spacial score (nSPS) is 12.4. The number of nitrogens with one attached hydrogen (secondary N) is 3. The number of hydrogen-bond acceptors (Lipinski definition) is 3. The molecule has 6 heteroatoms. The maximum atomic E-state index is 12.1. The Bertz CT molecular complexity index is 870. The lowest BCUT2D eigenvalue weighted by Gasteiger charge is -2.13. The van der Waals surface area contributed by atoms with Crippen molar-refractivity contribution in [3.8, 4) is 0 Å². The lowest BCUT2D eigenvalue weighted by Crippen LogP contribution is -2.34. The quantitative estimate of drug-likeness (QED) is 0.461. The lowest BCUT2D eigenvalue weighted by atomic mass is 10.2. The molecule has 1 atom stereocenters. The van der Waals surface area contributed by atoms with Crippen LogP contribution in [0.3, 0.4) is 0 Å². The second-order valence-corrected chi connectivity index (χ2v) is 6.31. The standard InChI is InChI=1S/C18H17BrN4O/c1-12(22-15-8-6-14(19)7-9-15)18(24)23-21-11-13-10-20-17-5-3-2-4-16(13)17/h2-12,20,22H,1H3,(H,23,24)/b21-11+. The fourth-order valence-corrected chi connectivity index (χ4v) is 2.59. The average Bonchev–Trinajstić information content (AvgIpc) is 3.00. The third kappa shape index (κ3) is 3.83. The van der Waals surface area contributed by atoms with Gasteiger partial charge in [-0.1, -0.05) is 34.1 Å². The van der Waals surface area contributed by atoms with Crippen molar-refractivity contribution in [2.24, 2.45) is 5.10 Å². The van der Waals surface area contributed by atoms with Crippen LogP contribution in [0.25, 0.3) is 10.9 Å². The molecule has 0 radical (unpaired) electrons. The van der Waals surface area contributed by atoms with Crippen LogP contribution in [-0.2, 0) is 4.79 Å². The molecular weight excluding hydrogens is 368 g/mol. The highest BCUT2D eigenvalue weighted by Crippen LogP contribution is 2.16. The van der Waals surface area contributed by atoms with Gasteiger partial charge in [0, 0.05) is 32.8 Å². The predicted molar refractivity (Wildman–Crippen MR) is 101 cm³/mol. The lowest BCUT2D eigenvalue weighted by molar-refractivity contribution is -0.121. The zero-order valence-corrected chi connectivity index (χ0v) is 14.7. The van der Waals surface area contributed by atoms with E-state index in [-0.39, 0.29) is 5.91 Å². The number of carbonyl (C=O) groups is 1. The van der Waals surface area contributed by atoms with E-state index >= 15 is 0 Å². The first-order chi connectivity index (χ1) is 11.6. The second-order valence-electron chi connectivity index (χ2n) is 5.40. The minimum Gasteiger partial charge on any atom is -0.374 e. The number of amides is 1. The molecule has 3 rings (SSSR count). The number of hydrazone groups is 1. The van der Waals surface area contributed by atoms with E-state index in [0.29, 0.717) is 0 Å². The zero-order chi connectivity index (χ0) is 16.9. The summed E-state index contributed by atoms with van der Waals surface area (Å²) in [6, 6.07) is 15.2. The molecule has 5 nitrogen and oxygen atoms in total. The summed E-state index contributed by atoms with van der Waals surface area (Å²) in [5, 5.41) is 8.24. The number of halogens is 1. The largest absolute Gasteiger partial charge is 0.374 e. The predicted octanol–water partition coefficient (Wildman–Crippen LogP) is 3.88. The van der Waals surface area contributed by atoms with Gasteiger partial charge in [-0.05, 0) is 37.3 Å². The number of para-hydroxylation sites is 1. The zero-order valence-electron chi connectivity index (χ0n) is 13.1. The molecule has 0 bridgehead atoms. The van der Waals surface area contributed by atoms with Crippen molar-refractivity contribution in [1.82, 2.24) is 10.4 Å². The van der Waals surface area contributed by atoms with E-state index in [1.807, 2.05) is 54.7 Å². The van der Waals surface area contributed by atoms with E-state index in [9.17, 15) is 4.79 Å². The topological polar surface area (TPSA) is 69.3 Å². The van der Waals surface area contributed by atoms with Crippen LogP contribution in [0.4, 0.5) is 5.69 Å². The molecular formula is C18H17BrN4O. The maximum Gasteiger partial charge on any atom is 0.262 e. The van der Waals surface area contributed by atoms with E-state index in [1.54, 1.807) is 13.1 Å². The fraction of sp³-hybridized carbons (Fsp3) is 0.111. The molecule has 0 spiro atoms. The SMILES string of the molecule is CC(Nc1ccc(Br)cc1)C(=O)N/N=C/c1c[nH]c2ccccc12. The van der Waals surface area contributed by atoms with Crippen molar-refractivity contribution in [3.63, 3.8) is 0 Å². The van der Waals surface area contributed by atoms with Crippen LogP contribution in [0.1, 0.15) is 12.5 Å². The number of hydrogen-bond donors (Lipinski definition) is 3. The number of H-pyrrole nitrogens is 1. The smallest absolute Gasteiger partial charge is 0.262 e. The molecule has 0 saturated heterocycles. The molecule has 0 aliphatic rings. The molecule has 1 heterocycles. The van der Waals surface area contributed by atoms with Crippen LogP contribution in [-0.4, -0.2) is 23.1 Å². The van der Waals surface area contributed by atoms with Crippen LogP contribution < -0.4 is 10.7 Å². The fourth-order valence-electron chi connectivity index (χ4n) is 2.32. The van der Waals surface area contributed by atoms with Crippen molar-refractivity contribution < 1.29 is 4.79 Å². The van der Waals surface area contributed by atoms with Crippen LogP contribution in [0.15, 0.2) is 64.3 Å². The number of fused-ring (bicyclic) bond motifs is 1. The molecule has 24 heavy (non-hydrogen) atoms. The Kier molecular flexibility index (Phi) is 4.96. The number of anilines is 1. The highest BCUT2D eigenvalue weighted by Gasteiger charge is 2.11. The summed E-state index contributed by atoms with van der Waals surface area (Å²) in [7, 11) is 0. The molecule has 1 amide bonds. The van der Waals surface area contributed by atoms with Gasteiger partial charge in [0.15, 0.2) is 0 Å². The number of carbonyl (C=O) groups excluding carboxylic acids is 1. The van der Waals surface area contributed by atoms with E-state index in [4.69, 9.17) is 0 Å². The Labute approximate surface area is 148 Å². The summed E-state index contributed by atoms with van der Waals surface area (Å²) in [6.07, 6.45) is 3.51. The number of benzene rings is 2. The Hall–Kier alpha value is -2.60. The van der Waals surface area contributed by atoms with Gasteiger partial charge >= 0.3 is 0 Å². The van der Waals surface area contributed by atoms with Gasteiger partial charge in [0.1, 0.15) is 6.04 Å². The minimum absolute atomic E-state index is 0.200. The molecule has 3 aromatic rings. The summed E-state index contributed by atoms with van der Waals surface area (Å²) in [5.74, 6) is -0.200. The number of aromatic amines is 1. The number of aromatic nitrogens is 1. The van der Waals surface area contributed by atoms with Crippen LogP contribution >= 0.6 is 15.9 Å². The van der Waals surface area contributed by atoms with Gasteiger partial charge in [-0.3, -0.25) is 4.79 Å². The van der Waals surface area contributed by atoms with Crippen molar-refractivity contribution in [1.29, 1.82) is 0 Å². The number of rotatable bonds is 5. The van der Waals surface area contributed by atoms with Gasteiger partial charge in [0.2, 0.25) is 0 Å². The van der Waals surface area contributed by atoms with Crippen molar-refractivity contribution >= 4 is 44.6 Å². The Morgan fingerprint density at radius 1 is 1.21 bits per heavy atom. The van der Waals surface area contributed by atoms with Crippen LogP contribution in [0, 0.1) is 0 Å². The highest BCUT2D eigenvalue weighted by atomic mass is 79.9. The first-order valence-corrected chi connectivity index (χ1v) is 8.34. The summed E-state index contributed by atoms with van der Waals surface area (Å²) in [5.41, 5.74) is 5.41. The number of nitrogens with zero attached hydrogens (tertiary/aromatic N) is 1. The summed E-state index contributed by atoms with van der Waals surface area (Å²) in [4.78, 5) is 15.3. The van der Waals surface area contributed by atoms with Crippen molar-refractivity contribution in [2.75, 3.05) is 5.32 Å². The summed E-state index contributed by atoms with van der Waals surface area (Å²) in [6.45, 7) is 1.79. The van der Waals surface area contributed by atoms with Crippen molar-refractivity contribution in [2.45, 2.75) is 13.0 Å². The Morgan fingerprint density at radius 2 is 1.96 bits per heavy atom. The third-order valence-corrected chi connectivity index (χ3v) is 4.15. The summed E-state index contributed by atoms with van der Waals surface area (Å²) >= 11 is 3.38. The van der Waals surface area contributed by atoms with Gasteiger partial charge in [0.25, 0.3) is 5.91 Å². The van der Waals surface area contributed by atoms with E-state index < -0.39 is 6.04 Å². The van der Waals surface area contributed by atoms with Gasteiger partial charge in [-0.2, -0.15) is 5.10 Å². The Morgan fingerprint density at radius 3 is 2.75 bits per heavy atom. The summed E-state index contributed by atoms with van der Waals surface area (Å²) < 4.78 is 0.994. The van der Waals surface area contributed by atoms with Gasteiger partial charge in [-0.25, -0.2) is 5.43 Å². The van der Waals surface area contributed by atoms with Crippen molar-refractivity contribution in [3.05, 3.63) is 64.8 Å². The first kappa shape index (κ1) is 16.3. The molecule has 2 aromatic carbocycles. The second kappa shape index (κ2) is 7.31. The molecule has 0 aliphatic heterocycles. The van der Waals surface area contributed by atoms with Gasteiger partial charge in [0.05, 0.1) is 6.21 Å². The molecule has 0 saturated carbocycles. The van der Waals surface area contributed by atoms with E-state index in [1.165, 1.54) is 0 Å². The van der Waals surface area contributed by atoms with Crippen LogP contribution in [0.2, 0.25) is 0 Å². The molecule has 0 fully saturated rings. The van der Waals surface area contributed by atoms with E-state index in [2.05, 4.69) is 36.8 Å². The van der Waals surface area contributed by atoms with Gasteiger partial charge in [-0.15, -0.1) is 0 Å². The maximum absolute atomic E-state index is 12.1. The monoisotopic (exact) mass is 384 g/mol. The Balaban J connectivity index is 1.59. The van der Waals surface area contributed by atoms with E-state index in [0.717, 1.165) is 26.6 Å². The molecule has 1 aromatic heterocycles. The van der Waals surface area contributed by atoms with Gasteiger partial charge < -0.3 is 10.3 Å². The molecule has 3 N–H and O–H groups in total. The molecule has 1 unspecified atom stereocenters. The molecule has 122 valence electrons. The molecule has 0 aliphatic carbocycles. The first-order valence-electron chi connectivity index (χ1n) is 7.54. The minimum atomic E-state index is -0.397. The average molecular weight is 385 g/mol. The van der Waals surface area contributed by atoms with Crippen LogP contribution in [0.5, 0.6) is 0 Å². The third-order valence-electron chi connectivity index (χ3n) is 3.62.